The summed E-state index contributed by atoms with van der Waals surface area (Å²) in [6.07, 6.45) is 1.34. The Morgan fingerprint density at radius 1 is 1.53 bits per heavy atom. The van der Waals surface area contributed by atoms with Gasteiger partial charge in [0.15, 0.2) is 5.82 Å². The van der Waals surface area contributed by atoms with Crippen LogP contribution in [0.2, 0.25) is 5.02 Å². The zero-order chi connectivity index (χ0) is 14.0. The van der Waals surface area contributed by atoms with Gasteiger partial charge in [0.1, 0.15) is 5.82 Å². The smallest absolute Gasteiger partial charge is 0.216 e. The molecule has 0 aliphatic carbocycles. The first kappa shape index (κ1) is 13.9. The van der Waals surface area contributed by atoms with Crippen molar-refractivity contribution < 1.29 is 4.39 Å². The molecule has 0 saturated carbocycles. The van der Waals surface area contributed by atoms with Crippen LogP contribution in [0.3, 0.4) is 0 Å². The van der Waals surface area contributed by atoms with Crippen molar-refractivity contribution in [3.8, 4) is 0 Å². The van der Waals surface area contributed by atoms with E-state index < -0.39 is 5.82 Å². The Hall–Kier alpha value is -1.53. The topological polar surface area (TPSA) is 46.0 Å². The van der Waals surface area contributed by atoms with E-state index in [9.17, 15) is 4.39 Å². The van der Waals surface area contributed by atoms with Crippen molar-refractivity contribution >= 4 is 30.0 Å². The molecule has 0 fully saturated rings. The molecule has 0 spiro atoms. The summed E-state index contributed by atoms with van der Waals surface area (Å²) in [5.41, 5.74) is 0.224. The van der Waals surface area contributed by atoms with Crippen molar-refractivity contribution in [3.63, 3.8) is 0 Å². The predicted molar refractivity (Wildman–Crippen MR) is 75.9 cm³/mol. The van der Waals surface area contributed by atoms with Gasteiger partial charge in [-0.2, -0.15) is 14.9 Å². The minimum atomic E-state index is -0.433. The minimum absolute atomic E-state index is 0.140. The number of rotatable bonds is 3. The summed E-state index contributed by atoms with van der Waals surface area (Å²) >= 11 is 11.0. The second-order valence-corrected chi connectivity index (χ2v) is 5.03. The van der Waals surface area contributed by atoms with Crippen molar-refractivity contribution in [2.75, 3.05) is 0 Å². The summed E-state index contributed by atoms with van der Waals surface area (Å²) in [7, 11) is 0. The molecular formula is C12H12ClFN4S. The predicted octanol–water partition coefficient (Wildman–Crippen LogP) is 3.74. The van der Waals surface area contributed by atoms with Crippen LogP contribution in [0.25, 0.3) is 0 Å². The van der Waals surface area contributed by atoms with Crippen LogP contribution in [0, 0.1) is 10.6 Å². The summed E-state index contributed by atoms with van der Waals surface area (Å²) in [6, 6.07) is 4.47. The van der Waals surface area contributed by atoms with Gasteiger partial charge in [0.2, 0.25) is 4.77 Å². The third-order valence-electron chi connectivity index (χ3n) is 2.49. The van der Waals surface area contributed by atoms with E-state index in [2.05, 4.69) is 15.3 Å². The maximum atomic E-state index is 13.6. The summed E-state index contributed by atoms with van der Waals surface area (Å²) < 4.78 is 15.4. The Balaban J connectivity index is 2.44. The number of benzene rings is 1. The lowest BCUT2D eigenvalue weighted by Gasteiger charge is -2.03. The highest BCUT2D eigenvalue weighted by atomic mass is 35.5. The molecule has 0 unspecified atom stereocenters. The number of aromatic amines is 1. The van der Waals surface area contributed by atoms with Gasteiger partial charge in [0.25, 0.3) is 0 Å². The fraction of sp³-hybridized carbons (Fsp3) is 0.250. The van der Waals surface area contributed by atoms with E-state index in [0.717, 1.165) is 0 Å². The number of H-pyrrole nitrogens is 1. The maximum Gasteiger partial charge on any atom is 0.216 e. The standard InChI is InChI=1S/C12H12ClFN4S/c1-7(2)11-16-17-12(19)18(11)15-6-8-9(13)4-3-5-10(8)14/h3-7H,1-2H3,(H,17,19)/b15-6-. The number of nitrogens with zero attached hydrogens (tertiary/aromatic N) is 3. The van der Waals surface area contributed by atoms with E-state index in [-0.39, 0.29) is 11.5 Å². The van der Waals surface area contributed by atoms with Crippen molar-refractivity contribution in [2.24, 2.45) is 5.10 Å². The molecule has 0 amide bonds. The average molecular weight is 299 g/mol. The zero-order valence-electron chi connectivity index (χ0n) is 10.4. The monoisotopic (exact) mass is 298 g/mol. The molecule has 0 aliphatic heterocycles. The lowest BCUT2D eigenvalue weighted by molar-refractivity contribution is 0.625. The first-order valence-corrected chi connectivity index (χ1v) is 6.45. The molecule has 1 heterocycles. The number of hydrogen-bond acceptors (Lipinski definition) is 3. The Bertz CT molecular complexity index is 654. The molecule has 7 heteroatoms. The summed E-state index contributed by atoms with van der Waals surface area (Å²) in [4.78, 5) is 0. The first-order valence-electron chi connectivity index (χ1n) is 5.66. The SMILES string of the molecule is CC(C)c1n[nH]c(=S)n1/N=C\c1c(F)cccc1Cl. The Morgan fingerprint density at radius 3 is 2.89 bits per heavy atom. The Morgan fingerprint density at radius 2 is 2.26 bits per heavy atom. The van der Waals surface area contributed by atoms with Crippen molar-refractivity contribution in [3.05, 3.63) is 45.2 Å². The zero-order valence-corrected chi connectivity index (χ0v) is 12.0. The van der Waals surface area contributed by atoms with Gasteiger partial charge in [-0.25, -0.2) is 4.39 Å². The maximum absolute atomic E-state index is 13.6. The molecule has 1 aromatic carbocycles. The fourth-order valence-electron chi connectivity index (χ4n) is 1.54. The third-order valence-corrected chi connectivity index (χ3v) is 3.09. The molecule has 4 nitrogen and oxygen atoms in total. The van der Waals surface area contributed by atoms with E-state index in [4.69, 9.17) is 23.8 Å². The van der Waals surface area contributed by atoms with Crippen LogP contribution < -0.4 is 0 Å². The molecule has 2 rings (SSSR count). The quantitative estimate of drug-likeness (QED) is 0.693. The summed E-state index contributed by atoms with van der Waals surface area (Å²) in [5, 5.41) is 11.2. The Kier molecular flexibility index (Phi) is 4.11. The van der Waals surface area contributed by atoms with Crippen LogP contribution in [0.4, 0.5) is 4.39 Å². The van der Waals surface area contributed by atoms with Gasteiger partial charge in [0, 0.05) is 11.5 Å². The number of aromatic nitrogens is 3. The number of nitrogens with one attached hydrogen (secondary N) is 1. The molecule has 0 atom stereocenters. The lowest BCUT2D eigenvalue weighted by atomic mass is 10.2. The van der Waals surface area contributed by atoms with Crippen LogP contribution in [0.5, 0.6) is 0 Å². The molecular weight excluding hydrogens is 287 g/mol. The first-order chi connectivity index (χ1) is 9.00. The molecule has 0 radical (unpaired) electrons. The molecule has 100 valence electrons. The van der Waals surface area contributed by atoms with Crippen LogP contribution in [0.1, 0.15) is 31.2 Å². The fourth-order valence-corrected chi connectivity index (χ4v) is 1.94. The third kappa shape index (κ3) is 2.90. The van der Waals surface area contributed by atoms with E-state index >= 15 is 0 Å². The van der Waals surface area contributed by atoms with Gasteiger partial charge >= 0.3 is 0 Å². The number of halogens is 2. The van der Waals surface area contributed by atoms with Crippen LogP contribution >= 0.6 is 23.8 Å². The van der Waals surface area contributed by atoms with Gasteiger partial charge in [-0.05, 0) is 24.4 Å². The highest BCUT2D eigenvalue weighted by Crippen LogP contribution is 2.17. The van der Waals surface area contributed by atoms with Crippen LogP contribution in [0.15, 0.2) is 23.3 Å². The molecule has 2 aromatic rings. The summed E-state index contributed by atoms with van der Waals surface area (Å²) in [5.74, 6) is 0.382. The lowest BCUT2D eigenvalue weighted by Crippen LogP contribution is -2.01. The largest absolute Gasteiger partial charge is 0.250 e. The van der Waals surface area contributed by atoms with Gasteiger partial charge in [-0.15, -0.1) is 0 Å². The normalized spacial score (nSPS) is 11.6. The van der Waals surface area contributed by atoms with Gasteiger partial charge in [0.05, 0.1) is 11.2 Å². The van der Waals surface area contributed by atoms with E-state index in [1.807, 2.05) is 13.8 Å². The van der Waals surface area contributed by atoms with Crippen LogP contribution in [-0.2, 0) is 0 Å². The van der Waals surface area contributed by atoms with E-state index in [1.165, 1.54) is 23.0 Å². The van der Waals surface area contributed by atoms with Crippen molar-refractivity contribution in [1.82, 2.24) is 14.9 Å². The molecule has 0 aliphatic rings. The molecule has 0 bridgehead atoms. The van der Waals surface area contributed by atoms with Crippen molar-refractivity contribution in [2.45, 2.75) is 19.8 Å². The molecule has 1 N–H and O–H groups in total. The molecule has 19 heavy (non-hydrogen) atoms. The second kappa shape index (κ2) is 5.63. The molecule has 0 saturated heterocycles. The highest BCUT2D eigenvalue weighted by Gasteiger charge is 2.09. The van der Waals surface area contributed by atoms with Gasteiger partial charge in [-0.3, -0.25) is 5.10 Å². The minimum Gasteiger partial charge on any atom is -0.250 e. The Labute approximate surface area is 119 Å². The van der Waals surface area contributed by atoms with E-state index in [0.29, 0.717) is 15.6 Å². The number of hydrogen-bond donors (Lipinski definition) is 1. The second-order valence-electron chi connectivity index (χ2n) is 4.23. The van der Waals surface area contributed by atoms with E-state index in [1.54, 1.807) is 6.07 Å². The van der Waals surface area contributed by atoms with Crippen LogP contribution in [-0.4, -0.2) is 21.1 Å². The van der Waals surface area contributed by atoms with Gasteiger partial charge in [-0.1, -0.05) is 31.5 Å². The van der Waals surface area contributed by atoms with Gasteiger partial charge < -0.3 is 0 Å². The average Bonchev–Trinajstić information content (AvgIpc) is 2.70. The highest BCUT2D eigenvalue weighted by molar-refractivity contribution is 7.71. The summed E-state index contributed by atoms with van der Waals surface area (Å²) in [6.45, 7) is 3.93. The van der Waals surface area contributed by atoms with Crippen molar-refractivity contribution in [1.29, 1.82) is 0 Å². The molecule has 1 aromatic heterocycles.